The maximum atomic E-state index is 12.1. The van der Waals surface area contributed by atoms with Gasteiger partial charge in [0.2, 0.25) is 0 Å². The molecule has 1 N–H and O–H groups in total. The molecule has 6 nitrogen and oxygen atoms in total. The number of carbonyl (C=O) groups excluding carboxylic acids is 1. The van der Waals surface area contributed by atoms with Gasteiger partial charge in [0.05, 0.1) is 11.5 Å². The number of rotatable bonds is 4. The second-order valence-electron chi connectivity index (χ2n) is 5.50. The van der Waals surface area contributed by atoms with Crippen LogP contribution in [0.25, 0.3) is 0 Å². The van der Waals surface area contributed by atoms with Gasteiger partial charge in [-0.2, -0.15) is 0 Å². The lowest BCUT2D eigenvalue weighted by atomic mass is 9.96. The molecule has 0 radical (unpaired) electrons. The van der Waals surface area contributed by atoms with Gasteiger partial charge < -0.3 is 10.1 Å². The van der Waals surface area contributed by atoms with Crippen LogP contribution in [0.15, 0.2) is 48.5 Å². The highest BCUT2D eigenvalue weighted by atomic mass is 16.6. The number of ether oxygens (including phenoxy) is 1. The van der Waals surface area contributed by atoms with Gasteiger partial charge in [-0.1, -0.05) is 18.2 Å². The summed E-state index contributed by atoms with van der Waals surface area (Å²) in [6.45, 7) is 1.07. The summed E-state index contributed by atoms with van der Waals surface area (Å²) in [5.74, 6) is 0.885. The smallest absolute Gasteiger partial charge is 0.269 e. The molecular formula is C17H16N2O4. The molecule has 6 heteroatoms. The first kappa shape index (κ1) is 15.0. The average Bonchev–Trinajstić information content (AvgIpc) is 2.59. The number of nitro groups is 1. The molecule has 0 fully saturated rings. The minimum Gasteiger partial charge on any atom is -0.493 e. The summed E-state index contributed by atoms with van der Waals surface area (Å²) < 4.78 is 5.69. The third-order valence-electron chi connectivity index (χ3n) is 3.85. The first-order valence-electron chi connectivity index (χ1n) is 7.37. The quantitative estimate of drug-likeness (QED) is 0.695. The number of fused-ring (bicyclic) bond motifs is 1. The molecule has 0 unspecified atom stereocenters. The van der Waals surface area contributed by atoms with Crippen LogP contribution in [0.1, 0.15) is 15.9 Å². The van der Waals surface area contributed by atoms with E-state index in [9.17, 15) is 14.9 Å². The lowest BCUT2D eigenvalue weighted by molar-refractivity contribution is -0.384. The van der Waals surface area contributed by atoms with Crippen LogP contribution in [-0.2, 0) is 6.42 Å². The van der Waals surface area contributed by atoms with E-state index < -0.39 is 4.92 Å². The number of hydrogen-bond acceptors (Lipinski definition) is 4. The molecule has 118 valence electrons. The molecule has 0 bridgehead atoms. The molecular weight excluding hydrogens is 296 g/mol. The lowest BCUT2D eigenvalue weighted by Gasteiger charge is -2.25. The number of para-hydroxylation sites is 1. The molecule has 1 aliphatic rings. The molecule has 0 aromatic heterocycles. The number of non-ortho nitro benzene ring substituents is 1. The van der Waals surface area contributed by atoms with Gasteiger partial charge in [-0.15, -0.1) is 0 Å². The predicted octanol–water partition coefficient (Wildman–Crippen LogP) is 2.58. The van der Waals surface area contributed by atoms with Gasteiger partial charge in [0.1, 0.15) is 5.75 Å². The Morgan fingerprint density at radius 3 is 2.70 bits per heavy atom. The largest absolute Gasteiger partial charge is 0.493 e. The monoisotopic (exact) mass is 312 g/mol. The zero-order valence-electron chi connectivity index (χ0n) is 12.4. The highest BCUT2D eigenvalue weighted by molar-refractivity contribution is 5.94. The van der Waals surface area contributed by atoms with E-state index in [1.807, 2.05) is 24.3 Å². The number of carbonyl (C=O) groups is 1. The van der Waals surface area contributed by atoms with Crippen LogP contribution < -0.4 is 10.1 Å². The van der Waals surface area contributed by atoms with Crippen molar-refractivity contribution < 1.29 is 14.5 Å². The van der Waals surface area contributed by atoms with E-state index in [2.05, 4.69) is 5.32 Å². The topological polar surface area (TPSA) is 81.5 Å². The molecule has 0 aliphatic carbocycles. The fraction of sp³-hybridized carbons (Fsp3) is 0.235. The summed E-state index contributed by atoms with van der Waals surface area (Å²) in [6, 6.07) is 13.5. The molecule has 1 atom stereocenters. The van der Waals surface area contributed by atoms with E-state index in [4.69, 9.17) is 4.74 Å². The van der Waals surface area contributed by atoms with Crippen LogP contribution in [0.5, 0.6) is 5.75 Å². The molecule has 0 spiro atoms. The van der Waals surface area contributed by atoms with E-state index in [1.165, 1.54) is 24.3 Å². The van der Waals surface area contributed by atoms with Gasteiger partial charge in [-0.25, -0.2) is 0 Å². The van der Waals surface area contributed by atoms with Crippen molar-refractivity contribution in [3.8, 4) is 5.75 Å². The highest BCUT2D eigenvalue weighted by Gasteiger charge is 2.20. The van der Waals surface area contributed by atoms with Crippen molar-refractivity contribution in [3.63, 3.8) is 0 Å². The summed E-state index contributed by atoms with van der Waals surface area (Å²) in [6.07, 6.45) is 0.858. The Hall–Kier alpha value is -2.89. The Kier molecular flexibility index (Phi) is 4.23. The Morgan fingerprint density at radius 2 is 1.96 bits per heavy atom. The van der Waals surface area contributed by atoms with E-state index >= 15 is 0 Å². The van der Waals surface area contributed by atoms with E-state index in [0.29, 0.717) is 18.7 Å². The second-order valence-corrected chi connectivity index (χ2v) is 5.50. The summed E-state index contributed by atoms with van der Waals surface area (Å²) in [7, 11) is 0. The Bertz CT molecular complexity index is 728. The predicted molar refractivity (Wildman–Crippen MR) is 84.6 cm³/mol. The SMILES string of the molecule is O=C(NC[C@@H]1COc2ccccc2C1)c1ccc([N+](=O)[O-])cc1. The van der Waals surface area contributed by atoms with Crippen molar-refractivity contribution in [1.29, 1.82) is 0 Å². The van der Waals surface area contributed by atoms with Crippen molar-refractivity contribution in [2.75, 3.05) is 13.2 Å². The Morgan fingerprint density at radius 1 is 1.22 bits per heavy atom. The van der Waals surface area contributed by atoms with Crippen molar-refractivity contribution in [3.05, 3.63) is 69.8 Å². The van der Waals surface area contributed by atoms with E-state index in [-0.39, 0.29) is 17.5 Å². The molecule has 0 saturated carbocycles. The van der Waals surface area contributed by atoms with E-state index in [0.717, 1.165) is 17.7 Å². The molecule has 2 aromatic carbocycles. The summed E-state index contributed by atoms with van der Waals surface area (Å²) in [5, 5.41) is 13.5. The third kappa shape index (κ3) is 3.48. The number of amides is 1. The number of benzene rings is 2. The lowest BCUT2D eigenvalue weighted by Crippen LogP contribution is -2.34. The maximum Gasteiger partial charge on any atom is 0.269 e. The first-order chi connectivity index (χ1) is 11.1. The van der Waals surface area contributed by atoms with Gasteiger partial charge in [0.15, 0.2) is 0 Å². The molecule has 3 rings (SSSR count). The van der Waals surface area contributed by atoms with Crippen LogP contribution in [0.4, 0.5) is 5.69 Å². The number of nitrogens with one attached hydrogen (secondary N) is 1. The van der Waals surface area contributed by atoms with Crippen molar-refractivity contribution in [1.82, 2.24) is 5.32 Å². The highest BCUT2D eigenvalue weighted by Crippen LogP contribution is 2.26. The Balaban J connectivity index is 1.56. The summed E-state index contributed by atoms with van der Waals surface area (Å²) in [5.41, 5.74) is 1.53. The van der Waals surface area contributed by atoms with E-state index in [1.54, 1.807) is 0 Å². The molecule has 23 heavy (non-hydrogen) atoms. The minimum absolute atomic E-state index is 0.0289. The zero-order chi connectivity index (χ0) is 16.2. The van der Waals surface area contributed by atoms with Gasteiger partial charge in [0, 0.05) is 30.2 Å². The van der Waals surface area contributed by atoms with Crippen molar-refractivity contribution in [2.45, 2.75) is 6.42 Å². The minimum atomic E-state index is -0.488. The molecule has 0 saturated heterocycles. The molecule has 1 aliphatic heterocycles. The van der Waals surface area contributed by atoms with Gasteiger partial charge >= 0.3 is 0 Å². The van der Waals surface area contributed by atoms with Crippen LogP contribution in [0.3, 0.4) is 0 Å². The van der Waals surface area contributed by atoms with Gasteiger partial charge in [-0.05, 0) is 30.2 Å². The maximum absolute atomic E-state index is 12.1. The average molecular weight is 312 g/mol. The number of nitro benzene ring substituents is 1. The second kappa shape index (κ2) is 6.48. The third-order valence-corrected chi connectivity index (χ3v) is 3.85. The van der Waals surface area contributed by atoms with Crippen LogP contribution in [0.2, 0.25) is 0 Å². The van der Waals surface area contributed by atoms with Gasteiger partial charge in [0.25, 0.3) is 11.6 Å². The molecule has 2 aromatic rings. The molecule has 1 heterocycles. The van der Waals surface area contributed by atoms with Crippen LogP contribution >= 0.6 is 0 Å². The molecule has 1 amide bonds. The Labute approximate surface area is 133 Å². The zero-order valence-corrected chi connectivity index (χ0v) is 12.4. The number of hydrogen-bond donors (Lipinski definition) is 1. The summed E-state index contributed by atoms with van der Waals surface area (Å²) >= 11 is 0. The fourth-order valence-electron chi connectivity index (χ4n) is 2.60. The van der Waals surface area contributed by atoms with Crippen molar-refractivity contribution >= 4 is 11.6 Å². The van der Waals surface area contributed by atoms with Crippen LogP contribution in [0, 0.1) is 16.0 Å². The first-order valence-corrected chi connectivity index (χ1v) is 7.37. The van der Waals surface area contributed by atoms with Crippen LogP contribution in [-0.4, -0.2) is 24.0 Å². The summed E-state index contributed by atoms with van der Waals surface area (Å²) in [4.78, 5) is 22.2. The number of nitrogens with zero attached hydrogens (tertiary/aromatic N) is 1. The normalized spacial score (nSPS) is 16.1. The van der Waals surface area contributed by atoms with Gasteiger partial charge in [-0.3, -0.25) is 14.9 Å². The van der Waals surface area contributed by atoms with Crippen molar-refractivity contribution in [2.24, 2.45) is 5.92 Å². The standard InChI is InChI=1S/C17H16N2O4/c20-17(13-5-7-15(8-6-13)19(21)22)18-10-12-9-14-3-1-2-4-16(14)23-11-12/h1-8,12H,9-11H2,(H,18,20)/t12-/m1/s1. The fourth-order valence-corrected chi connectivity index (χ4v) is 2.60.